The fraction of sp³-hybridized carbons (Fsp3) is 0.111. The van der Waals surface area contributed by atoms with E-state index in [0.717, 1.165) is 24.5 Å². The van der Waals surface area contributed by atoms with Gasteiger partial charge in [-0.3, -0.25) is 10.1 Å². The van der Waals surface area contributed by atoms with Crippen LogP contribution in [0.5, 0.6) is 0 Å². The van der Waals surface area contributed by atoms with Crippen molar-refractivity contribution in [1.29, 1.82) is 0 Å². The van der Waals surface area contributed by atoms with Crippen LogP contribution in [0.1, 0.15) is 5.69 Å². The van der Waals surface area contributed by atoms with E-state index in [9.17, 15) is 23.3 Å². The molecule has 2 rings (SSSR count). The summed E-state index contributed by atoms with van der Waals surface area (Å²) in [6.45, 7) is 0. The Hall–Kier alpha value is -2.45. The molecular formula is C9H5F3N4O2. The van der Waals surface area contributed by atoms with Gasteiger partial charge in [0.1, 0.15) is 5.69 Å². The number of alkyl halides is 3. The lowest BCUT2D eigenvalue weighted by Crippen LogP contribution is -2.15. The zero-order valence-corrected chi connectivity index (χ0v) is 8.63. The Labute approximate surface area is 97.8 Å². The van der Waals surface area contributed by atoms with Crippen molar-refractivity contribution >= 4 is 5.69 Å². The standard InChI is InChI=1S/C9H5F3N4O2/c10-9(11,12)7-3-5-14-15(7)8-6(16(17)18)2-1-4-13-8/h1-5H. The second kappa shape index (κ2) is 4.09. The molecule has 0 aliphatic rings. The summed E-state index contributed by atoms with van der Waals surface area (Å²) in [6.07, 6.45) is -2.60. The molecule has 0 spiro atoms. The second-order valence-electron chi connectivity index (χ2n) is 3.23. The van der Waals surface area contributed by atoms with Gasteiger partial charge in [-0.15, -0.1) is 0 Å². The van der Waals surface area contributed by atoms with E-state index >= 15 is 0 Å². The van der Waals surface area contributed by atoms with Crippen molar-refractivity contribution in [2.24, 2.45) is 0 Å². The summed E-state index contributed by atoms with van der Waals surface area (Å²) < 4.78 is 38.3. The van der Waals surface area contributed by atoms with Gasteiger partial charge < -0.3 is 0 Å². The van der Waals surface area contributed by atoms with E-state index in [1.807, 2.05) is 0 Å². The molecule has 2 heterocycles. The number of nitro groups is 1. The zero-order valence-electron chi connectivity index (χ0n) is 8.63. The Morgan fingerprint density at radius 1 is 1.28 bits per heavy atom. The third-order valence-electron chi connectivity index (χ3n) is 2.10. The molecule has 2 aromatic heterocycles. The van der Waals surface area contributed by atoms with Gasteiger partial charge in [0, 0.05) is 12.3 Å². The van der Waals surface area contributed by atoms with E-state index in [1.165, 1.54) is 6.07 Å². The SMILES string of the molecule is O=[N+]([O-])c1cccnc1-n1nccc1C(F)(F)F. The molecule has 18 heavy (non-hydrogen) atoms. The van der Waals surface area contributed by atoms with Crippen molar-refractivity contribution in [3.63, 3.8) is 0 Å². The third kappa shape index (κ3) is 2.01. The molecule has 0 radical (unpaired) electrons. The zero-order chi connectivity index (χ0) is 13.3. The van der Waals surface area contributed by atoms with E-state index in [-0.39, 0.29) is 0 Å². The molecule has 6 nitrogen and oxygen atoms in total. The Bertz CT molecular complexity index is 593. The summed E-state index contributed by atoms with van der Waals surface area (Å²) in [5.74, 6) is -0.472. The van der Waals surface area contributed by atoms with E-state index in [4.69, 9.17) is 0 Å². The summed E-state index contributed by atoms with van der Waals surface area (Å²) in [5, 5.41) is 14.1. The van der Waals surface area contributed by atoms with Crippen LogP contribution in [0.3, 0.4) is 0 Å². The topological polar surface area (TPSA) is 73.8 Å². The number of pyridine rings is 1. The Balaban J connectivity index is 2.64. The van der Waals surface area contributed by atoms with Crippen molar-refractivity contribution in [2.45, 2.75) is 6.18 Å². The van der Waals surface area contributed by atoms with Crippen LogP contribution in [0.15, 0.2) is 30.6 Å². The summed E-state index contributed by atoms with van der Waals surface area (Å²) >= 11 is 0. The molecule has 0 fully saturated rings. The first kappa shape index (κ1) is 12.0. The van der Waals surface area contributed by atoms with Gasteiger partial charge in [0.05, 0.1) is 11.1 Å². The van der Waals surface area contributed by atoms with Gasteiger partial charge in [-0.1, -0.05) is 0 Å². The average molecular weight is 258 g/mol. The van der Waals surface area contributed by atoms with Gasteiger partial charge in [0.2, 0.25) is 5.82 Å². The lowest BCUT2D eigenvalue weighted by atomic mass is 10.3. The van der Waals surface area contributed by atoms with Crippen LogP contribution in [0, 0.1) is 10.1 Å². The minimum atomic E-state index is -4.66. The predicted octanol–water partition coefficient (Wildman–Crippen LogP) is 2.19. The molecule has 0 bridgehead atoms. The molecule has 0 saturated carbocycles. The maximum absolute atomic E-state index is 12.6. The normalized spacial score (nSPS) is 11.5. The van der Waals surface area contributed by atoms with Crippen molar-refractivity contribution in [3.8, 4) is 5.82 Å². The highest BCUT2D eigenvalue weighted by Gasteiger charge is 2.36. The third-order valence-corrected chi connectivity index (χ3v) is 2.10. The Morgan fingerprint density at radius 2 is 2.00 bits per heavy atom. The molecule has 2 aromatic rings. The van der Waals surface area contributed by atoms with Gasteiger partial charge in [0.15, 0.2) is 0 Å². The monoisotopic (exact) mass is 258 g/mol. The van der Waals surface area contributed by atoms with Gasteiger partial charge in [-0.25, -0.2) is 9.67 Å². The highest BCUT2D eigenvalue weighted by Crippen LogP contribution is 2.31. The van der Waals surface area contributed by atoms with E-state index in [0.29, 0.717) is 4.68 Å². The second-order valence-corrected chi connectivity index (χ2v) is 3.23. The molecular weight excluding hydrogens is 253 g/mol. The first-order valence-electron chi connectivity index (χ1n) is 4.62. The molecule has 9 heteroatoms. The number of nitrogens with zero attached hydrogens (tertiary/aromatic N) is 4. The quantitative estimate of drug-likeness (QED) is 0.611. The summed E-state index contributed by atoms with van der Waals surface area (Å²) in [5.41, 5.74) is -1.67. The molecule has 0 unspecified atom stereocenters. The maximum atomic E-state index is 12.6. The van der Waals surface area contributed by atoms with Crippen molar-refractivity contribution in [2.75, 3.05) is 0 Å². The van der Waals surface area contributed by atoms with Crippen LogP contribution in [0.2, 0.25) is 0 Å². The first-order valence-corrected chi connectivity index (χ1v) is 4.62. The van der Waals surface area contributed by atoms with E-state index < -0.39 is 28.3 Å². The highest BCUT2D eigenvalue weighted by atomic mass is 19.4. The fourth-order valence-electron chi connectivity index (χ4n) is 1.38. The minimum absolute atomic E-state index is 0.401. The smallest absolute Gasteiger partial charge is 0.258 e. The van der Waals surface area contributed by atoms with Crippen LogP contribution in [-0.2, 0) is 6.18 Å². The minimum Gasteiger partial charge on any atom is -0.258 e. The van der Waals surface area contributed by atoms with Crippen LogP contribution >= 0.6 is 0 Å². The molecule has 0 atom stereocenters. The molecule has 0 aliphatic carbocycles. The van der Waals surface area contributed by atoms with Crippen LogP contribution in [0.4, 0.5) is 18.9 Å². The predicted molar refractivity (Wildman–Crippen MR) is 53.0 cm³/mol. The van der Waals surface area contributed by atoms with E-state index in [1.54, 1.807) is 0 Å². The van der Waals surface area contributed by atoms with Crippen LogP contribution in [-0.4, -0.2) is 19.7 Å². The van der Waals surface area contributed by atoms with Crippen molar-refractivity contribution < 1.29 is 18.1 Å². The fourth-order valence-corrected chi connectivity index (χ4v) is 1.38. The number of halogens is 3. The molecule has 0 aromatic carbocycles. The maximum Gasteiger partial charge on any atom is 0.433 e. The van der Waals surface area contributed by atoms with Crippen LogP contribution in [0.25, 0.3) is 5.82 Å². The molecule has 94 valence electrons. The lowest BCUT2D eigenvalue weighted by Gasteiger charge is -2.09. The van der Waals surface area contributed by atoms with E-state index in [2.05, 4.69) is 10.1 Å². The summed E-state index contributed by atoms with van der Waals surface area (Å²) in [4.78, 5) is 13.5. The van der Waals surface area contributed by atoms with Crippen molar-refractivity contribution in [1.82, 2.24) is 14.8 Å². The molecule has 0 aliphatic heterocycles. The molecule has 0 amide bonds. The summed E-state index contributed by atoms with van der Waals surface area (Å²) in [7, 11) is 0. The van der Waals surface area contributed by atoms with Gasteiger partial charge in [-0.2, -0.15) is 18.3 Å². The summed E-state index contributed by atoms with van der Waals surface area (Å²) in [6, 6.07) is 3.04. The highest BCUT2D eigenvalue weighted by molar-refractivity contribution is 5.46. The first-order chi connectivity index (χ1) is 8.41. The average Bonchev–Trinajstić information content (AvgIpc) is 2.77. The largest absolute Gasteiger partial charge is 0.433 e. The van der Waals surface area contributed by atoms with Crippen LogP contribution < -0.4 is 0 Å². The van der Waals surface area contributed by atoms with Gasteiger partial charge in [-0.05, 0) is 12.1 Å². The number of hydrogen-bond donors (Lipinski definition) is 0. The van der Waals surface area contributed by atoms with Crippen molar-refractivity contribution in [3.05, 3.63) is 46.4 Å². The lowest BCUT2D eigenvalue weighted by molar-refractivity contribution is -0.385. The molecule has 0 saturated heterocycles. The molecule has 0 N–H and O–H groups in total. The number of hydrogen-bond acceptors (Lipinski definition) is 4. The van der Waals surface area contributed by atoms with Gasteiger partial charge >= 0.3 is 11.9 Å². The number of aromatic nitrogens is 3. The Morgan fingerprint density at radius 3 is 2.61 bits per heavy atom. The van der Waals surface area contributed by atoms with Gasteiger partial charge in [0.25, 0.3) is 0 Å². The Kier molecular flexibility index (Phi) is 2.73. The number of rotatable bonds is 2.